The van der Waals surface area contributed by atoms with Crippen LogP contribution in [0.4, 0.5) is 0 Å². The van der Waals surface area contributed by atoms with Crippen LogP contribution in [0.5, 0.6) is 0 Å². The van der Waals surface area contributed by atoms with Crippen LogP contribution in [0.2, 0.25) is 0 Å². The van der Waals surface area contributed by atoms with Crippen molar-refractivity contribution in [1.29, 1.82) is 32.5 Å². The van der Waals surface area contributed by atoms with E-state index in [1.165, 1.54) is 0 Å². The lowest BCUT2D eigenvalue weighted by atomic mass is 10.0. The van der Waals surface area contributed by atoms with E-state index in [2.05, 4.69) is 90.4 Å². The minimum atomic E-state index is -1.47. The third-order valence-electron chi connectivity index (χ3n) is 13.9. The minimum Gasteiger partial charge on any atom is -0.379 e. The molecule has 0 unspecified atom stereocenters. The van der Waals surface area contributed by atoms with Gasteiger partial charge in [0.15, 0.2) is 35.8 Å². The predicted octanol–water partition coefficient (Wildman–Crippen LogP) is -11.5. The van der Waals surface area contributed by atoms with Crippen LogP contribution < -0.4 is 125 Å². The highest BCUT2D eigenvalue weighted by Crippen LogP contribution is 2.13. The molecule has 0 fully saturated rings. The molecule has 0 aliphatic heterocycles. The summed E-state index contributed by atoms with van der Waals surface area (Å²) < 4.78 is 47.1. The molecule has 0 aromatic heterocycles. The molecule has 0 radical (unpaired) electrons. The van der Waals surface area contributed by atoms with Gasteiger partial charge in [0.2, 0.25) is 59.1 Å². The second kappa shape index (κ2) is 63.1. The monoisotopic (exact) mass is 1550 g/mol. The van der Waals surface area contributed by atoms with E-state index in [1.807, 2.05) is 6.92 Å². The van der Waals surface area contributed by atoms with Gasteiger partial charge in [-0.05, 0) is 6.54 Å². The zero-order valence-electron chi connectivity index (χ0n) is 61.9. The molecule has 0 aromatic carbocycles. The maximum Gasteiger partial charge on any atom is 0.222 e. The van der Waals surface area contributed by atoms with Gasteiger partial charge < -0.3 is 163 Å². The number of amides is 10. The average molecular weight is 1550 g/mol. The lowest BCUT2D eigenvalue weighted by molar-refractivity contribution is -0.131. The summed E-state index contributed by atoms with van der Waals surface area (Å²) in [5.41, 5.74) is 28.8. The van der Waals surface area contributed by atoms with Crippen LogP contribution >= 0.6 is 0 Å². The van der Waals surface area contributed by atoms with Crippen molar-refractivity contribution < 1.29 is 85.8 Å². The summed E-state index contributed by atoms with van der Waals surface area (Å²) in [5.74, 6) is -5.92. The lowest BCUT2D eigenvalue weighted by Crippen LogP contribution is -2.59. The summed E-state index contributed by atoms with van der Waals surface area (Å²) in [6.07, 6.45) is -1.27. The SMILES string of the molecule is CCNC(COCCC(=O)NCCC(=O)NC(COCCC(=O)NCCNC(=N)N)(COCCC(=O)NCCNC(=N)N)COCCC(=O)NCCNC(=N)N)COCCC(=O)NCCC(=O)NC(COCCC(=O)NCCNC(=N)N)(COCCC(=O)NCCNC(=N)N)COCCC(=O)NCCNC(=N)N. The first-order chi connectivity index (χ1) is 51.6. The zero-order chi connectivity index (χ0) is 80.5. The largest absolute Gasteiger partial charge is 0.379 e. The molecule has 0 saturated heterocycles. The molecule has 10 amide bonds. The van der Waals surface area contributed by atoms with Crippen molar-refractivity contribution in [3.63, 3.8) is 0 Å². The Kier molecular flexibility index (Phi) is 57.2. The third kappa shape index (κ3) is 61.1. The van der Waals surface area contributed by atoms with Crippen LogP contribution in [-0.2, 0) is 85.8 Å². The van der Waals surface area contributed by atoms with E-state index >= 15 is 0 Å². The van der Waals surface area contributed by atoms with Gasteiger partial charge in [-0.3, -0.25) is 80.4 Å². The third-order valence-corrected chi connectivity index (χ3v) is 13.9. The summed E-state index contributed by atoms with van der Waals surface area (Å²) in [6, 6.07) is -0.354. The van der Waals surface area contributed by atoms with Gasteiger partial charge in [0.25, 0.3) is 0 Å². The highest BCUT2D eigenvalue weighted by molar-refractivity contribution is 5.82. The molecule has 0 spiro atoms. The number of guanidine groups is 6. The Balaban J connectivity index is 5.80. The number of rotatable bonds is 68. The first-order valence-corrected chi connectivity index (χ1v) is 35.2. The Morgan fingerprint density at radius 3 is 0.620 bits per heavy atom. The van der Waals surface area contributed by atoms with Crippen LogP contribution in [0.25, 0.3) is 0 Å². The van der Waals surface area contributed by atoms with Gasteiger partial charge in [0.1, 0.15) is 11.1 Å². The van der Waals surface area contributed by atoms with Crippen LogP contribution in [0.3, 0.4) is 0 Å². The van der Waals surface area contributed by atoms with E-state index in [-0.39, 0.29) is 339 Å². The fraction of sp³-hybridized carbons (Fsp3) is 0.738. The maximum absolute atomic E-state index is 13.7. The van der Waals surface area contributed by atoms with Crippen LogP contribution in [0.15, 0.2) is 0 Å². The van der Waals surface area contributed by atoms with Gasteiger partial charge in [-0.25, -0.2) is 0 Å². The first-order valence-electron chi connectivity index (χ1n) is 35.2. The maximum atomic E-state index is 13.7. The summed E-state index contributed by atoms with van der Waals surface area (Å²) >= 11 is 0. The number of carbonyl (C=O) groups excluding carboxylic acids is 10. The number of carbonyl (C=O) groups is 10. The van der Waals surface area contributed by atoms with Crippen LogP contribution in [0.1, 0.15) is 71.1 Å². The topological polar surface area (TPSA) is 748 Å². The molecule has 0 heterocycles. The number of hydrogen-bond acceptors (Lipinski definition) is 25. The standard InChI is InChI=1S/C61H121N29O18/c1-2-74-43(35-101-27-5-44(91)75-13-3-52(99)89-60(37-103-29-7-46(93)77-15-21-83-54(62)63,38-104-30-8-47(94)78-16-22-84-55(64)65)39-105-31-9-48(95)79-17-23-85-56(66)67)36-102-28-6-45(92)76-14-4-53(100)90-61(40-106-32-10-49(96)80-18-24-86-57(68)69,41-107-33-11-50(97)81-19-25-87-58(70)71)42-108-34-12-51(98)82-20-26-88-59(72)73/h43,74H,2-42H2,1H3,(H,75,91)(H,76,92)(H,77,93)(H,78,94)(H,79,95)(H,80,96)(H,81,97)(H,82,98)(H,89,99)(H,90,100)(H4,62,63,83)(H4,64,65,84)(H4,66,67,85)(H4,68,69,86)(H4,70,71,87)(H4,72,73,88). The van der Waals surface area contributed by atoms with E-state index in [0.717, 1.165) is 0 Å². The fourth-order valence-electron chi connectivity index (χ4n) is 8.75. The van der Waals surface area contributed by atoms with Crippen molar-refractivity contribution >= 4 is 94.8 Å². The fourth-order valence-corrected chi connectivity index (χ4v) is 8.75. The molecule has 0 atom stereocenters. The minimum absolute atomic E-state index is 0.0154. The average Bonchev–Trinajstić information content (AvgIpc) is 0.861. The number of likely N-dealkylation sites (N-methyl/N-ethyl adjacent to an activating group) is 1. The van der Waals surface area contributed by atoms with Crippen molar-refractivity contribution in [1.82, 2.24) is 90.4 Å². The molecular weight excluding hydrogens is 1430 g/mol. The zero-order valence-corrected chi connectivity index (χ0v) is 61.9. The second-order valence-electron chi connectivity index (χ2n) is 23.7. The van der Waals surface area contributed by atoms with Gasteiger partial charge in [0, 0.05) is 156 Å². The smallest absolute Gasteiger partial charge is 0.222 e. The molecule has 35 N–H and O–H groups in total. The van der Waals surface area contributed by atoms with E-state index in [1.54, 1.807) is 0 Å². The summed E-state index contributed by atoms with van der Waals surface area (Å²) in [5, 5.41) is 89.3. The van der Waals surface area contributed by atoms with Crippen molar-refractivity contribution in [3.05, 3.63) is 0 Å². The Morgan fingerprint density at radius 2 is 0.435 bits per heavy atom. The van der Waals surface area contributed by atoms with E-state index in [9.17, 15) is 47.9 Å². The molecule has 0 saturated carbocycles. The van der Waals surface area contributed by atoms with Crippen molar-refractivity contribution in [2.45, 2.75) is 88.3 Å². The lowest BCUT2D eigenvalue weighted by Gasteiger charge is -2.34. The normalized spacial score (nSPS) is 12.1. The molecular formula is C61H121N29O18. The van der Waals surface area contributed by atoms with E-state index in [0.29, 0.717) is 6.54 Å². The van der Waals surface area contributed by atoms with Crippen molar-refractivity contribution in [3.8, 4) is 0 Å². The summed E-state index contributed by atoms with van der Waals surface area (Å²) in [4.78, 5) is 129. The van der Waals surface area contributed by atoms with Gasteiger partial charge in [-0.2, -0.15) is 0 Å². The number of ether oxygens (including phenoxy) is 8. The van der Waals surface area contributed by atoms with Gasteiger partial charge in [-0.1, -0.05) is 6.92 Å². The molecule has 0 bridgehead atoms. The van der Waals surface area contributed by atoms with Gasteiger partial charge in [0.05, 0.1) is 112 Å². The van der Waals surface area contributed by atoms with Crippen LogP contribution in [0, 0.1) is 32.5 Å². The molecule has 0 rings (SSSR count). The second-order valence-corrected chi connectivity index (χ2v) is 23.7. The molecule has 47 nitrogen and oxygen atoms in total. The Bertz CT molecular complexity index is 2350. The molecule has 108 heavy (non-hydrogen) atoms. The van der Waals surface area contributed by atoms with E-state index in [4.69, 9.17) is 105 Å². The molecule has 47 heteroatoms. The van der Waals surface area contributed by atoms with Crippen molar-refractivity contribution in [2.75, 3.05) is 204 Å². The Hall–Kier alpha value is -10.0. The number of hydrogen-bond donors (Lipinski definition) is 29. The van der Waals surface area contributed by atoms with Crippen LogP contribution in [-0.4, -0.2) is 316 Å². The first kappa shape index (κ1) is 98.0. The van der Waals surface area contributed by atoms with Gasteiger partial charge in [-0.15, -0.1) is 0 Å². The van der Waals surface area contributed by atoms with Crippen molar-refractivity contribution in [2.24, 2.45) is 34.4 Å². The predicted molar refractivity (Wildman–Crippen MR) is 396 cm³/mol. The summed E-state index contributed by atoms with van der Waals surface area (Å²) in [7, 11) is 0. The quantitative estimate of drug-likeness (QED) is 0.0153. The Labute approximate surface area is 628 Å². The highest BCUT2D eigenvalue weighted by atomic mass is 16.5. The number of nitrogens with one attached hydrogen (secondary N) is 23. The molecule has 618 valence electrons. The van der Waals surface area contributed by atoms with E-state index < -0.39 is 34.7 Å². The molecule has 0 aliphatic rings. The highest BCUT2D eigenvalue weighted by Gasteiger charge is 2.36. The summed E-state index contributed by atoms with van der Waals surface area (Å²) in [6.45, 7) is 2.15. The molecule has 0 aromatic rings. The Morgan fingerprint density at radius 1 is 0.259 bits per heavy atom. The van der Waals surface area contributed by atoms with Gasteiger partial charge >= 0.3 is 0 Å². The molecule has 0 aliphatic carbocycles. The number of nitrogens with two attached hydrogens (primary N) is 6.